The van der Waals surface area contributed by atoms with Crippen LogP contribution >= 0.6 is 0 Å². The molecule has 4 rings (SSSR count). The number of pyridine rings is 1. The number of fused-ring (bicyclic) bond motifs is 1. The first kappa shape index (κ1) is 18.1. The van der Waals surface area contributed by atoms with Crippen molar-refractivity contribution in [2.75, 3.05) is 30.9 Å². The fourth-order valence-corrected chi connectivity index (χ4v) is 6.23. The number of anilines is 1. The molecule has 0 spiro atoms. The third-order valence-electron chi connectivity index (χ3n) is 5.65. The third-order valence-corrected chi connectivity index (χ3v) is 8.16. The molecule has 2 aromatic rings. The van der Waals surface area contributed by atoms with Crippen LogP contribution in [0, 0.1) is 22.0 Å². The van der Waals surface area contributed by atoms with Gasteiger partial charge in [0.25, 0.3) is 0 Å². The zero-order valence-electron chi connectivity index (χ0n) is 15.5. The lowest BCUT2D eigenvalue weighted by atomic mass is 9.97. The number of piperidine rings is 1. The van der Waals surface area contributed by atoms with E-state index in [0.717, 1.165) is 55.4 Å². The molecular formula is C20H24N4O2S. The Morgan fingerprint density at radius 2 is 2.07 bits per heavy atom. The Kier molecular flexibility index (Phi) is 4.68. The molecule has 2 fully saturated rings. The number of aromatic nitrogens is 1. The summed E-state index contributed by atoms with van der Waals surface area (Å²) in [5.41, 5.74) is 2.24. The van der Waals surface area contributed by atoms with Crippen molar-refractivity contribution in [2.45, 2.75) is 30.9 Å². The minimum Gasteiger partial charge on any atom is -0.494 e. The van der Waals surface area contributed by atoms with E-state index < -0.39 is 9.73 Å². The summed E-state index contributed by atoms with van der Waals surface area (Å²) in [6.45, 7) is 1.60. The second kappa shape index (κ2) is 7.01. The Balaban J connectivity index is 1.59. The average molecular weight is 385 g/mol. The Morgan fingerprint density at radius 3 is 2.70 bits per heavy atom. The van der Waals surface area contributed by atoms with E-state index in [4.69, 9.17) is 9.52 Å². The number of nitrogens with zero attached hydrogens (tertiary/aromatic N) is 3. The van der Waals surface area contributed by atoms with E-state index in [1.807, 2.05) is 18.2 Å². The van der Waals surface area contributed by atoms with Crippen molar-refractivity contribution < 1.29 is 8.95 Å². The molecule has 6 nitrogen and oxygen atoms in total. The molecule has 142 valence electrons. The summed E-state index contributed by atoms with van der Waals surface area (Å²) in [5, 5.41) is 10.7. The lowest BCUT2D eigenvalue weighted by Gasteiger charge is -2.35. The molecule has 1 atom stereocenters. The van der Waals surface area contributed by atoms with Crippen molar-refractivity contribution in [3.63, 3.8) is 0 Å². The van der Waals surface area contributed by atoms with Gasteiger partial charge in [0, 0.05) is 45.4 Å². The summed E-state index contributed by atoms with van der Waals surface area (Å²) in [4.78, 5) is 6.67. The van der Waals surface area contributed by atoms with E-state index in [-0.39, 0.29) is 5.25 Å². The van der Waals surface area contributed by atoms with Crippen molar-refractivity contribution in [3.05, 3.63) is 30.0 Å². The van der Waals surface area contributed by atoms with Crippen LogP contribution in [0.3, 0.4) is 0 Å². The molecule has 1 aliphatic carbocycles. The smallest absolute Gasteiger partial charge is 0.145 e. The van der Waals surface area contributed by atoms with Gasteiger partial charge in [-0.1, -0.05) is 12.1 Å². The molecule has 1 aliphatic heterocycles. The van der Waals surface area contributed by atoms with Gasteiger partial charge in [-0.15, -0.1) is 0 Å². The first-order valence-electron chi connectivity index (χ1n) is 9.39. The molecule has 1 saturated heterocycles. The van der Waals surface area contributed by atoms with Crippen molar-refractivity contribution in [3.8, 4) is 11.8 Å². The molecule has 0 amide bonds. The predicted octanol–water partition coefficient (Wildman–Crippen LogP) is 3.54. The highest BCUT2D eigenvalue weighted by atomic mass is 32.2. The number of ether oxygens (including phenoxy) is 1. The molecule has 0 radical (unpaired) electrons. The summed E-state index contributed by atoms with van der Waals surface area (Å²) in [5.74, 6) is 1.56. The van der Waals surface area contributed by atoms with Gasteiger partial charge >= 0.3 is 0 Å². The van der Waals surface area contributed by atoms with Gasteiger partial charge in [0.05, 0.1) is 18.4 Å². The molecule has 7 heteroatoms. The van der Waals surface area contributed by atoms with Crippen molar-refractivity contribution in [2.24, 2.45) is 5.92 Å². The molecule has 0 bridgehead atoms. The standard InChI is InChI=1S/C20H24N4O2S/c1-26-18-4-2-3-17-19(18)23-12-15(11-21)20(17)24-9-7-14(8-10-24)13-27(22,25)16-5-6-16/h2-4,12,14,16,22H,5-10,13H2,1H3/t27-/m0/s1. The minimum atomic E-state index is -2.42. The Bertz CT molecular complexity index is 1000. The maximum absolute atomic E-state index is 12.5. The summed E-state index contributed by atoms with van der Waals surface area (Å²) in [7, 11) is -0.800. The number of hydrogen-bond acceptors (Lipinski definition) is 6. The number of para-hydroxylation sites is 1. The topological polar surface area (TPSA) is 90.1 Å². The maximum Gasteiger partial charge on any atom is 0.145 e. The van der Waals surface area contributed by atoms with Crippen LogP contribution in [0.4, 0.5) is 5.69 Å². The quantitative estimate of drug-likeness (QED) is 0.851. The first-order chi connectivity index (χ1) is 13.0. The van der Waals surface area contributed by atoms with Crippen LogP contribution in [0.5, 0.6) is 5.75 Å². The van der Waals surface area contributed by atoms with Crippen LogP contribution < -0.4 is 9.64 Å². The van der Waals surface area contributed by atoms with Gasteiger partial charge in [-0.25, -0.2) is 4.21 Å². The number of hydrogen-bond donors (Lipinski definition) is 1. The normalized spacial score (nSPS) is 20.2. The van der Waals surface area contributed by atoms with Crippen molar-refractivity contribution in [1.29, 1.82) is 10.0 Å². The largest absolute Gasteiger partial charge is 0.494 e. The van der Waals surface area contributed by atoms with Gasteiger partial charge in [-0.05, 0) is 37.7 Å². The van der Waals surface area contributed by atoms with Crippen LogP contribution in [-0.2, 0) is 9.73 Å². The maximum atomic E-state index is 12.5. The van der Waals surface area contributed by atoms with Crippen LogP contribution in [0.25, 0.3) is 10.9 Å². The molecule has 1 saturated carbocycles. The lowest BCUT2D eigenvalue weighted by molar-refractivity contribution is 0.419. The zero-order chi connectivity index (χ0) is 19.0. The van der Waals surface area contributed by atoms with Gasteiger partial charge in [-0.3, -0.25) is 9.76 Å². The van der Waals surface area contributed by atoms with E-state index in [9.17, 15) is 9.47 Å². The number of nitriles is 1. The minimum absolute atomic E-state index is 0.136. The number of benzene rings is 1. The average Bonchev–Trinajstić information content (AvgIpc) is 3.53. The first-order valence-corrected chi connectivity index (χ1v) is 11.2. The lowest BCUT2D eigenvalue weighted by Crippen LogP contribution is -2.36. The van der Waals surface area contributed by atoms with Gasteiger partial charge in [-0.2, -0.15) is 5.26 Å². The molecular weight excluding hydrogens is 360 g/mol. The summed E-state index contributed by atoms with van der Waals surface area (Å²) in [6.07, 6.45) is 5.34. The molecule has 1 aromatic heterocycles. The van der Waals surface area contributed by atoms with Gasteiger partial charge in [0.2, 0.25) is 0 Å². The summed E-state index contributed by atoms with van der Waals surface area (Å²) < 4.78 is 26.1. The van der Waals surface area contributed by atoms with Crippen LogP contribution in [0.15, 0.2) is 24.4 Å². The van der Waals surface area contributed by atoms with Crippen LogP contribution in [-0.4, -0.2) is 40.4 Å². The SMILES string of the molecule is COc1cccc2c(N3CCC(C[S@](=N)(=O)C4CC4)CC3)c(C#N)cnc12. The van der Waals surface area contributed by atoms with Crippen molar-refractivity contribution >= 4 is 26.3 Å². The zero-order valence-corrected chi connectivity index (χ0v) is 16.3. The van der Waals surface area contributed by atoms with E-state index in [2.05, 4.69) is 16.0 Å². The molecule has 1 N–H and O–H groups in total. The van der Waals surface area contributed by atoms with E-state index in [0.29, 0.717) is 23.0 Å². The molecule has 0 unspecified atom stereocenters. The highest BCUT2D eigenvalue weighted by Gasteiger charge is 2.35. The van der Waals surface area contributed by atoms with E-state index in [1.165, 1.54) is 0 Å². The summed E-state index contributed by atoms with van der Waals surface area (Å²) >= 11 is 0. The Morgan fingerprint density at radius 1 is 1.33 bits per heavy atom. The monoisotopic (exact) mass is 384 g/mol. The van der Waals surface area contributed by atoms with Gasteiger partial charge in [0.1, 0.15) is 17.3 Å². The highest BCUT2D eigenvalue weighted by Crippen LogP contribution is 2.37. The molecule has 2 heterocycles. The summed E-state index contributed by atoms with van der Waals surface area (Å²) in [6, 6.07) is 8.05. The van der Waals surface area contributed by atoms with E-state index >= 15 is 0 Å². The fraction of sp³-hybridized carbons (Fsp3) is 0.500. The highest BCUT2D eigenvalue weighted by molar-refractivity contribution is 7.93. The van der Waals surface area contributed by atoms with Crippen LogP contribution in [0.2, 0.25) is 0 Å². The second-order valence-electron chi connectivity index (χ2n) is 7.51. The molecule has 27 heavy (non-hydrogen) atoms. The fourth-order valence-electron chi connectivity index (χ4n) is 4.03. The third kappa shape index (κ3) is 3.46. The van der Waals surface area contributed by atoms with Gasteiger partial charge in [0.15, 0.2) is 0 Å². The van der Waals surface area contributed by atoms with Gasteiger partial charge < -0.3 is 9.64 Å². The second-order valence-corrected chi connectivity index (χ2v) is 9.96. The number of nitrogens with one attached hydrogen (secondary N) is 1. The van der Waals surface area contributed by atoms with Crippen molar-refractivity contribution in [1.82, 2.24) is 4.98 Å². The predicted molar refractivity (Wildman–Crippen MR) is 107 cm³/mol. The molecule has 1 aromatic carbocycles. The Hall–Kier alpha value is -2.33. The molecule has 2 aliphatic rings. The van der Waals surface area contributed by atoms with E-state index in [1.54, 1.807) is 13.3 Å². The number of methoxy groups -OCH3 is 1. The van der Waals surface area contributed by atoms with Crippen LogP contribution in [0.1, 0.15) is 31.2 Å². The number of rotatable bonds is 5. The Labute approximate surface area is 160 Å².